The van der Waals surface area contributed by atoms with E-state index in [1.807, 2.05) is 0 Å². The highest BCUT2D eigenvalue weighted by Crippen LogP contribution is 2.07. The van der Waals surface area contributed by atoms with Gasteiger partial charge in [-0.25, -0.2) is 0 Å². The molecule has 0 aliphatic heterocycles. The van der Waals surface area contributed by atoms with Crippen molar-refractivity contribution >= 4 is 12.6 Å². The van der Waals surface area contributed by atoms with Crippen LogP contribution in [0.15, 0.2) is 0 Å². The van der Waals surface area contributed by atoms with E-state index in [1.165, 1.54) is 6.42 Å². The van der Waals surface area contributed by atoms with Crippen LogP contribution in [0.4, 0.5) is 0 Å². The molecule has 0 rings (SSSR count). The number of nitrogens with zero attached hydrogens (tertiary/aromatic N) is 2. The summed E-state index contributed by atoms with van der Waals surface area (Å²) in [6.45, 7) is 7.35. The van der Waals surface area contributed by atoms with Gasteiger partial charge in [0.05, 0.1) is 6.07 Å². The number of hydrogen-bond donors (Lipinski definition) is 1. The van der Waals surface area contributed by atoms with Crippen molar-refractivity contribution in [2.75, 3.05) is 25.4 Å². The molecule has 0 saturated carbocycles. The Hall–Kier alpha value is -0.200. The summed E-state index contributed by atoms with van der Waals surface area (Å²) in [4.78, 5) is 2.33. The lowest BCUT2D eigenvalue weighted by atomic mass is 10.1. The average Bonchev–Trinajstić information content (AvgIpc) is 2.19. The van der Waals surface area contributed by atoms with Crippen LogP contribution >= 0.6 is 12.6 Å². The van der Waals surface area contributed by atoms with Gasteiger partial charge >= 0.3 is 0 Å². The third kappa shape index (κ3) is 5.95. The molecule has 13 heavy (non-hydrogen) atoms. The molecule has 0 aromatic carbocycles. The standard InChI is InChI=1S/C10H20N2S/c1-3-10(9-13)8-12(4-2)7-5-6-11/h10,13H,3-5,7-9H2,1-2H3. The monoisotopic (exact) mass is 200 g/mol. The molecule has 0 aliphatic rings. The van der Waals surface area contributed by atoms with Crippen LogP contribution in [0.2, 0.25) is 0 Å². The van der Waals surface area contributed by atoms with Gasteiger partial charge in [-0.15, -0.1) is 0 Å². The Labute approximate surface area is 87.3 Å². The predicted octanol–water partition coefficient (Wildman–Crippen LogP) is 2.18. The fourth-order valence-corrected chi connectivity index (χ4v) is 1.64. The summed E-state index contributed by atoms with van der Waals surface area (Å²) in [5, 5.41) is 8.47. The van der Waals surface area contributed by atoms with Crippen molar-refractivity contribution in [1.82, 2.24) is 4.90 Å². The van der Waals surface area contributed by atoms with Gasteiger partial charge in [0.15, 0.2) is 0 Å². The molecule has 3 heteroatoms. The lowest BCUT2D eigenvalue weighted by Gasteiger charge is -2.23. The first-order chi connectivity index (χ1) is 6.28. The summed E-state index contributed by atoms with van der Waals surface area (Å²) in [5.74, 6) is 1.61. The van der Waals surface area contributed by atoms with Crippen molar-refractivity contribution in [3.8, 4) is 6.07 Å². The summed E-state index contributed by atoms with van der Waals surface area (Å²) in [6.07, 6.45) is 1.81. The largest absolute Gasteiger partial charge is 0.302 e. The fraction of sp³-hybridized carbons (Fsp3) is 0.900. The third-order valence-corrected chi connectivity index (χ3v) is 2.86. The molecule has 0 saturated heterocycles. The first-order valence-electron chi connectivity index (χ1n) is 4.98. The van der Waals surface area contributed by atoms with Crippen LogP contribution in [0, 0.1) is 17.2 Å². The van der Waals surface area contributed by atoms with Crippen molar-refractivity contribution < 1.29 is 0 Å². The molecule has 0 aliphatic carbocycles. The molecule has 0 fully saturated rings. The number of nitriles is 1. The molecule has 0 spiro atoms. The van der Waals surface area contributed by atoms with Crippen molar-refractivity contribution in [2.24, 2.45) is 5.92 Å². The molecule has 0 aromatic rings. The van der Waals surface area contributed by atoms with Crippen LogP contribution in [-0.2, 0) is 0 Å². The molecule has 2 nitrogen and oxygen atoms in total. The van der Waals surface area contributed by atoms with Gasteiger partial charge in [0.1, 0.15) is 0 Å². The maximum absolute atomic E-state index is 8.47. The van der Waals surface area contributed by atoms with E-state index in [0.29, 0.717) is 12.3 Å². The van der Waals surface area contributed by atoms with Crippen molar-refractivity contribution in [1.29, 1.82) is 5.26 Å². The lowest BCUT2D eigenvalue weighted by molar-refractivity contribution is 0.253. The maximum atomic E-state index is 8.47. The number of hydrogen-bond acceptors (Lipinski definition) is 3. The van der Waals surface area contributed by atoms with E-state index in [-0.39, 0.29) is 0 Å². The topological polar surface area (TPSA) is 27.0 Å². The highest BCUT2D eigenvalue weighted by Gasteiger charge is 2.09. The van der Waals surface area contributed by atoms with Gasteiger partial charge < -0.3 is 4.90 Å². The molecule has 1 unspecified atom stereocenters. The zero-order chi connectivity index (χ0) is 10.1. The maximum Gasteiger partial charge on any atom is 0.0635 e. The Balaban J connectivity index is 3.75. The second-order valence-electron chi connectivity index (χ2n) is 3.26. The minimum Gasteiger partial charge on any atom is -0.302 e. The molecular formula is C10H20N2S. The summed E-state index contributed by atoms with van der Waals surface area (Å²) in [6, 6.07) is 2.18. The highest BCUT2D eigenvalue weighted by atomic mass is 32.1. The number of thiol groups is 1. The molecule has 0 N–H and O–H groups in total. The molecule has 0 radical (unpaired) electrons. The summed E-state index contributed by atoms with van der Waals surface area (Å²) < 4.78 is 0. The molecular weight excluding hydrogens is 180 g/mol. The minimum atomic E-state index is 0.636. The van der Waals surface area contributed by atoms with Gasteiger partial charge in [-0.05, 0) is 18.2 Å². The number of rotatable bonds is 7. The summed E-state index contributed by atoms with van der Waals surface area (Å²) in [7, 11) is 0. The predicted molar refractivity (Wildman–Crippen MR) is 60.0 cm³/mol. The highest BCUT2D eigenvalue weighted by molar-refractivity contribution is 7.80. The second kappa shape index (κ2) is 8.40. The van der Waals surface area contributed by atoms with Crippen LogP contribution in [0.1, 0.15) is 26.7 Å². The van der Waals surface area contributed by atoms with E-state index in [2.05, 4.69) is 37.4 Å². The zero-order valence-corrected chi connectivity index (χ0v) is 9.56. The first kappa shape index (κ1) is 12.8. The Morgan fingerprint density at radius 1 is 1.46 bits per heavy atom. The van der Waals surface area contributed by atoms with Gasteiger partial charge in [0.25, 0.3) is 0 Å². The molecule has 0 heterocycles. The van der Waals surface area contributed by atoms with Crippen LogP contribution in [0.5, 0.6) is 0 Å². The molecule has 1 atom stereocenters. The molecule has 0 aromatic heterocycles. The van der Waals surface area contributed by atoms with Crippen molar-refractivity contribution in [3.05, 3.63) is 0 Å². The van der Waals surface area contributed by atoms with Gasteiger partial charge in [0.2, 0.25) is 0 Å². The molecule has 0 amide bonds. The van der Waals surface area contributed by atoms with Crippen LogP contribution < -0.4 is 0 Å². The van der Waals surface area contributed by atoms with Crippen molar-refractivity contribution in [3.63, 3.8) is 0 Å². The Morgan fingerprint density at radius 2 is 2.15 bits per heavy atom. The van der Waals surface area contributed by atoms with E-state index in [9.17, 15) is 0 Å². The van der Waals surface area contributed by atoms with Crippen LogP contribution in [0.3, 0.4) is 0 Å². The van der Waals surface area contributed by atoms with E-state index in [0.717, 1.165) is 25.4 Å². The van der Waals surface area contributed by atoms with Crippen LogP contribution in [0.25, 0.3) is 0 Å². The van der Waals surface area contributed by atoms with E-state index in [1.54, 1.807) is 0 Å². The Bertz CT molecular complexity index is 149. The smallest absolute Gasteiger partial charge is 0.0635 e. The quantitative estimate of drug-likeness (QED) is 0.638. The fourth-order valence-electron chi connectivity index (χ4n) is 1.27. The van der Waals surface area contributed by atoms with Gasteiger partial charge in [-0.2, -0.15) is 17.9 Å². The van der Waals surface area contributed by atoms with Crippen molar-refractivity contribution in [2.45, 2.75) is 26.7 Å². The normalized spacial score (nSPS) is 12.8. The summed E-state index contributed by atoms with van der Waals surface area (Å²) in [5.41, 5.74) is 0. The SMILES string of the molecule is CCC(CS)CN(CC)CCC#N. The average molecular weight is 200 g/mol. The van der Waals surface area contributed by atoms with E-state index < -0.39 is 0 Å². The zero-order valence-electron chi connectivity index (χ0n) is 8.66. The lowest BCUT2D eigenvalue weighted by Crippen LogP contribution is -2.30. The summed E-state index contributed by atoms with van der Waals surface area (Å²) >= 11 is 4.31. The Kier molecular flexibility index (Phi) is 8.27. The van der Waals surface area contributed by atoms with E-state index >= 15 is 0 Å². The third-order valence-electron chi connectivity index (χ3n) is 2.34. The van der Waals surface area contributed by atoms with Gasteiger partial charge in [-0.3, -0.25) is 0 Å². The Morgan fingerprint density at radius 3 is 2.54 bits per heavy atom. The van der Waals surface area contributed by atoms with E-state index in [4.69, 9.17) is 5.26 Å². The van der Waals surface area contributed by atoms with Crippen LogP contribution in [-0.4, -0.2) is 30.3 Å². The minimum absolute atomic E-state index is 0.636. The second-order valence-corrected chi connectivity index (χ2v) is 3.62. The first-order valence-corrected chi connectivity index (χ1v) is 5.61. The van der Waals surface area contributed by atoms with Gasteiger partial charge in [0, 0.05) is 19.5 Å². The molecule has 76 valence electrons. The van der Waals surface area contributed by atoms with Gasteiger partial charge in [-0.1, -0.05) is 20.3 Å². The molecule has 0 bridgehead atoms.